The molecular formula is C54H37N. The van der Waals surface area contributed by atoms with Crippen LogP contribution in [0.4, 0.5) is 17.1 Å². The van der Waals surface area contributed by atoms with Crippen LogP contribution in [0.25, 0.3) is 76.8 Å². The summed E-state index contributed by atoms with van der Waals surface area (Å²) in [7, 11) is 0. The molecule has 0 aromatic heterocycles. The lowest BCUT2D eigenvalue weighted by Gasteiger charge is -2.27. The van der Waals surface area contributed by atoms with Gasteiger partial charge >= 0.3 is 0 Å². The van der Waals surface area contributed by atoms with Gasteiger partial charge in [0.15, 0.2) is 0 Å². The summed E-state index contributed by atoms with van der Waals surface area (Å²) in [6, 6.07) is 81.4. The SMILES string of the molecule is c1ccc(-c2cccc(-c3ccc(N(c4ccccc4)c4ccc(-c5ccc6ccc7ccc8ccccc8c7c6c5)c(-c5ccccc5)c4)cc3)c2)cc1. The van der Waals surface area contributed by atoms with Crippen molar-refractivity contribution in [3.05, 3.63) is 224 Å². The first-order valence-corrected chi connectivity index (χ1v) is 18.9. The van der Waals surface area contributed by atoms with E-state index >= 15 is 0 Å². The van der Waals surface area contributed by atoms with Crippen molar-refractivity contribution in [2.24, 2.45) is 0 Å². The Labute approximate surface area is 322 Å². The van der Waals surface area contributed by atoms with Gasteiger partial charge in [-0.2, -0.15) is 0 Å². The van der Waals surface area contributed by atoms with Crippen LogP contribution in [-0.2, 0) is 0 Å². The number of benzene rings is 10. The molecule has 10 aromatic carbocycles. The fourth-order valence-corrected chi connectivity index (χ4v) is 8.11. The lowest BCUT2D eigenvalue weighted by atomic mass is 9.90. The van der Waals surface area contributed by atoms with E-state index in [4.69, 9.17) is 0 Å². The largest absolute Gasteiger partial charge is 0.310 e. The number of anilines is 3. The molecule has 10 aromatic rings. The van der Waals surface area contributed by atoms with E-state index in [1.54, 1.807) is 0 Å². The lowest BCUT2D eigenvalue weighted by molar-refractivity contribution is 1.28. The smallest absolute Gasteiger partial charge is 0.0468 e. The molecule has 0 saturated carbocycles. The highest BCUT2D eigenvalue weighted by Crippen LogP contribution is 2.42. The summed E-state index contributed by atoms with van der Waals surface area (Å²) in [6.45, 7) is 0. The summed E-state index contributed by atoms with van der Waals surface area (Å²) in [5.41, 5.74) is 12.9. The minimum Gasteiger partial charge on any atom is -0.310 e. The zero-order valence-corrected chi connectivity index (χ0v) is 30.3. The first kappa shape index (κ1) is 32.4. The summed E-state index contributed by atoms with van der Waals surface area (Å²) >= 11 is 0. The van der Waals surface area contributed by atoms with Crippen molar-refractivity contribution < 1.29 is 0 Å². The van der Waals surface area contributed by atoms with Crippen molar-refractivity contribution in [1.82, 2.24) is 0 Å². The van der Waals surface area contributed by atoms with Gasteiger partial charge in [0.05, 0.1) is 0 Å². The molecule has 0 saturated heterocycles. The number of fused-ring (bicyclic) bond motifs is 5. The maximum Gasteiger partial charge on any atom is 0.0468 e. The number of hydrogen-bond acceptors (Lipinski definition) is 1. The van der Waals surface area contributed by atoms with Gasteiger partial charge in [-0.1, -0.05) is 176 Å². The van der Waals surface area contributed by atoms with E-state index in [1.165, 1.54) is 76.8 Å². The Morgan fingerprint density at radius 2 is 0.745 bits per heavy atom. The Kier molecular flexibility index (Phi) is 8.24. The zero-order chi connectivity index (χ0) is 36.6. The predicted octanol–water partition coefficient (Wildman–Crippen LogP) is 15.3. The minimum absolute atomic E-state index is 1.10. The average Bonchev–Trinajstić information content (AvgIpc) is 3.27. The lowest BCUT2D eigenvalue weighted by Crippen LogP contribution is -2.10. The van der Waals surface area contributed by atoms with Gasteiger partial charge < -0.3 is 4.90 Å². The highest BCUT2D eigenvalue weighted by Gasteiger charge is 2.17. The Hall–Kier alpha value is -7.22. The third-order valence-corrected chi connectivity index (χ3v) is 10.8. The van der Waals surface area contributed by atoms with Crippen molar-refractivity contribution in [3.8, 4) is 44.5 Å². The summed E-state index contributed by atoms with van der Waals surface area (Å²) in [4.78, 5) is 2.36. The molecule has 0 radical (unpaired) electrons. The number of nitrogens with zero attached hydrogens (tertiary/aromatic N) is 1. The number of rotatable bonds is 7. The maximum atomic E-state index is 2.39. The van der Waals surface area contributed by atoms with Gasteiger partial charge in [0.25, 0.3) is 0 Å². The topological polar surface area (TPSA) is 3.24 Å². The Morgan fingerprint density at radius 3 is 1.47 bits per heavy atom. The normalized spacial score (nSPS) is 11.3. The van der Waals surface area contributed by atoms with Crippen LogP contribution in [0.2, 0.25) is 0 Å². The monoisotopic (exact) mass is 699 g/mol. The molecule has 0 atom stereocenters. The summed E-state index contributed by atoms with van der Waals surface area (Å²) < 4.78 is 0. The van der Waals surface area contributed by atoms with Gasteiger partial charge in [0.2, 0.25) is 0 Å². The molecule has 0 N–H and O–H groups in total. The van der Waals surface area contributed by atoms with Crippen molar-refractivity contribution in [2.75, 3.05) is 4.90 Å². The molecule has 1 nitrogen and oxygen atoms in total. The number of hydrogen-bond donors (Lipinski definition) is 0. The highest BCUT2D eigenvalue weighted by molar-refractivity contribution is 6.20. The quantitative estimate of drug-likeness (QED) is 0.150. The maximum absolute atomic E-state index is 2.39. The molecule has 258 valence electrons. The van der Waals surface area contributed by atoms with Gasteiger partial charge in [-0.05, 0) is 125 Å². The second kappa shape index (κ2) is 14.0. The Bertz CT molecular complexity index is 2940. The number of para-hydroxylation sites is 1. The molecule has 0 spiro atoms. The molecule has 0 fully saturated rings. The van der Waals surface area contributed by atoms with Crippen molar-refractivity contribution in [2.45, 2.75) is 0 Å². The van der Waals surface area contributed by atoms with Crippen LogP contribution in [-0.4, -0.2) is 0 Å². The van der Waals surface area contributed by atoms with Crippen LogP contribution in [0, 0.1) is 0 Å². The molecule has 0 aliphatic rings. The Morgan fingerprint density at radius 1 is 0.236 bits per heavy atom. The molecule has 0 aliphatic heterocycles. The van der Waals surface area contributed by atoms with E-state index in [2.05, 4.69) is 229 Å². The Balaban J connectivity index is 1.10. The van der Waals surface area contributed by atoms with Gasteiger partial charge in [-0.3, -0.25) is 0 Å². The molecule has 0 aliphatic carbocycles. The molecule has 0 unspecified atom stereocenters. The van der Waals surface area contributed by atoms with Crippen LogP contribution < -0.4 is 4.90 Å². The van der Waals surface area contributed by atoms with E-state index < -0.39 is 0 Å². The predicted molar refractivity (Wildman–Crippen MR) is 235 cm³/mol. The fraction of sp³-hybridized carbons (Fsp3) is 0. The van der Waals surface area contributed by atoms with Gasteiger partial charge in [-0.25, -0.2) is 0 Å². The van der Waals surface area contributed by atoms with E-state index in [9.17, 15) is 0 Å². The fourth-order valence-electron chi connectivity index (χ4n) is 8.11. The van der Waals surface area contributed by atoms with Gasteiger partial charge in [0.1, 0.15) is 0 Å². The first-order valence-electron chi connectivity index (χ1n) is 18.9. The van der Waals surface area contributed by atoms with E-state index in [1.807, 2.05) is 0 Å². The molecule has 0 amide bonds. The van der Waals surface area contributed by atoms with E-state index in [-0.39, 0.29) is 0 Å². The van der Waals surface area contributed by atoms with Crippen molar-refractivity contribution in [3.63, 3.8) is 0 Å². The van der Waals surface area contributed by atoms with Crippen LogP contribution >= 0.6 is 0 Å². The third kappa shape index (κ3) is 6.12. The van der Waals surface area contributed by atoms with Gasteiger partial charge in [-0.15, -0.1) is 0 Å². The molecule has 0 heterocycles. The van der Waals surface area contributed by atoms with Crippen LogP contribution in [0.15, 0.2) is 224 Å². The van der Waals surface area contributed by atoms with Crippen LogP contribution in [0.3, 0.4) is 0 Å². The van der Waals surface area contributed by atoms with Crippen molar-refractivity contribution in [1.29, 1.82) is 0 Å². The molecule has 1 heteroatoms. The van der Waals surface area contributed by atoms with Crippen LogP contribution in [0.1, 0.15) is 0 Å². The second-order valence-corrected chi connectivity index (χ2v) is 14.1. The third-order valence-electron chi connectivity index (χ3n) is 10.8. The zero-order valence-electron chi connectivity index (χ0n) is 30.3. The summed E-state index contributed by atoms with van der Waals surface area (Å²) in [5, 5.41) is 7.63. The molecule has 0 bridgehead atoms. The molecule has 55 heavy (non-hydrogen) atoms. The standard InChI is InChI=1S/C54H37N/c1-4-13-38(14-5-1)44-18-12-19-45(35-44)39-29-31-48(32-30-39)55(47-20-8-3-9-21-47)49-33-34-50(52(37-49)40-15-6-2-7-16-40)46-28-25-42-24-27-43-26-23-41-17-10-11-22-51(41)54(43)53(42)36-46/h1-37H. The van der Waals surface area contributed by atoms with Crippen molar-refractivity contribution >= 4 is 49.4 Å². The molecular weight excluding hydrogens is 663 g/mol. The highest BCUT2D eigenvalue weighted by atomic mass is 15.1. The van der Waals surface area contributed by atoms with E-state index in [0.717, 1.165) is 17.1 Å². The molecule has 10 rings (SSSR count). The van der Waals surface area contributed by atoms with E-state index in [0.29, 0.717) is 0 Å². The van der Waals surface area contributed by atoms with Gasteiger partial charge in [0, 0.05) is 17.1 Å². The average molecular weight is 700 g/mol. The first-order chi connectivity index (χ1) is 27.3. The summed E-state index contributed by atoms with van der Waals surface area (Å²) in [6.07, 6.45) is 0. The van der Waals surface area contributed by atoms with Crippen LogP contribution in [0.5, 0.6) is 0 Å². The second-order valence-electron chi connectivity index (χ2n) is 14.1. The summed E-state index contributed by atoms with van der Waals surface area (Å²) in [5.74, 6) is 0. The minimum atomic E-state index is 1.10.